The number of hydrogen-bond acceptors (Lipinski definition) is 2. The van der Waals surface area contributed by atoms with E-state index in [4.69, 9.17) is 10.5 Å². The predicted octanol–water partition coefficient (Wildman–Crippen LogP) is 2.57. The van der Waals surface area contributed by atoms with Crippen LogP contribution in [0.1, 0.15) is 44.9 Å². The molecule has 0 heterocycles. The first-order valence-electron chi connectivity index (χ1n) is 7.01. The van der Waals surface area contributed by atoms with E-state index >= 15 is 0 Å². The van der Waals surface area contributed by atoms with Gasteiger partial charge in [-0.05, 0) is 61.7 Å². The van der Waals surface area contributed by atoms with Gasteiger partial charge in [-0.1, -0.05) is 6.42 Å². The van der Waals surface area contributed by atoms with Gasteiger partial charge in [0.2, 0.25) is 0 Å². The van der Waals surface area contributed by atoms with Crippen molar-refractivity contribution in [2.75, 3.05) is 13.7 Å². The molecule has 2 N–H and O–H groups in total. The van der Waals surface area contributed by atoms with Crippen molar-refractivity contribution in [2.24, 2.45) is 28.9 Å². The zero-order chi connectivity index (χ0) is 11.2. The van der Waals surface area contributed by atoms with Crippen molar-refractivity contribution in [3.63, 3.8) is 0 Å². The molecule has 92 valence electrons. The van der Waals surface area contributed by atoms with Gasteiger partial charge >= 0.3 is 0 Å². The smallest absolute Gasteiger partial charge is 0.0490 e. The standard InChI is InChI=1S/C14H25NO/c1-16-9-10-3-2-6-14(8-10)12-5-4-11(7-12)13(14)15/h10-13H,2-9,15H2,1H3/t10?,11?,12?,13?,14-/m1/s1. The highest BCUT2D eigenvalue weighted by atomic mass is 16.5. The number of ether oxygens (including phenoxy) is 1. The van der Waals surface area contributed by atoms with Crippen LogP contribution in [0.5, 0.6) is 0 Å². The lowest BCUT2D eigenvalue weighted by Crippen LogP contribution is -2.49. The maximum atomic E-state index is 6.55. The van der Waals surface area contributed by atoms with Crippen LogP contribution in [0.25, 0.3) is 0 Å². The molecule has 2 nitrogen and oxygen atoms in total. The molecule has 0 saturated heterocycles. The number of nitrogens with two attached hydrogens (primary N) is 1. The maximum Gasteiger partial charge on any atom is 0.0490 e. The first-order valence-corrected chi connectivity index (χ1v) is 7.01. The summed E-state index contributed by atoms with van der Waals surface area (Å²) in [6.07, 6.45) is 9.78. The second-order valence-corrected chi connectivity index (χ2v) is 6.45. The van der Waals surface area contributed by atoms with Crippen molar-refractivity contribution >= 4 is 0 Å². The Bertz CT molecular complexity index is 261. The van der Waals surface area contributed by atoms with Crippen molar-refractivity contribution in [3.8, 4) is 0 Å². The maximum absolute atomic E-state index is 6.55. The molecular weight excluding hydrogens is 198 g/mol. The molecule has 2 heteroatoms. The zero-order valence-corrected chi connectivity index (χ0v) is 10.5. The van der Waals surface area contributed by atoms with Crippen molar-refractivity contribution in [2.45, 2.75) is 51.0 Å². The lowest BCUT2D eigenvalue weighted by molar-refractivity contribution is 0.0196. The molecule has 4 unspecified atom stereocenters. The first kappa shape index (κ1) is 11.0. The Morgan fingerprint density at radius 1 is 1.31 bits per heavy atom. The summed E-state index contributed by atoms with van der Waals surface area (Å²) in [5.41, 5.74) is 7.07. The first-order chi connectivity index (χ1) is 7.76. The van der Waals surface area contributed by atoms with Crippen molar-refractivity contribution in [1.82, 2.24) is 0 Å². The molecule has 5 atom stereocenters. The van der Waals surface area contributed by atoms with E-state index in [1.165, 1.54) is 44.9 Å². The largest absolute Gasteiger partial charge is 0.384 e. The van der Waals surface area contributed by atoms with Gasteiger partial charge in [0.25, 0.3) is 0 Å². The van der Waals surface area contributed by atoms with Crippen LogP contribution in [-0.4, -0.2) is 19.8 Å². The van der Waals surface area contributed by atoms with Crippen LogP contribution >= 0.6 is 0 Å². The Morgan fingerprint density at radius 3 is 2.88 bits per heavy atom. The summed E-state index contributed by atoms with van der Waals surface area (Å²) in [4.78, 5) is 0. The van der Waals surface area contributed by atoms with Crippen LogP contribution in [0.4, 0.5) is 0 Å². The fourth-order valence-corrected chi connectivity index (χ4v) is 5.12. The third-order valence-corrected chi connectivity index (χ3v) is 5.78. The Hall–Kier alpha value is -0.0800. The van der Waals surface area contributed by atoms with Gasteiger partial charge in [-0.25, -0.2) is 0 Å². The average Bonchev–Trinajstić information content (AvgIpc) is 2.84. The molecule has 2 bridgehead atoms. The fraction of sp³-hybridized carbons (Fsp3) is 1.00. The molecule has 1 spiro atoms. The minimum atomic E-state index is 0.505. The molecule has 0 aromatic rings. The molecular formula is C14H25NO. The molecule has 3 aliphatic carbocycles. The number of rotatable bonds is 2. The summed E-state index contributed by atoms with van der Waals surface area (Å²) in [6.45, 7) is 0.950. The van der Waals surface area contributed by atoms with Crippen LogP contribution in [0.3, 0.4) is 0 Å². The number of fused-ring (bicyclic) bond motifs is 3. The van der Waals surface area contributed by atoms with E-state index in [2.05, 4.69) is 0 Å². The van der Waals surface area contributed by atoms with E-state index in [1.54, 1.807) is 0 Å². The molecule has 3 saturated carbocycles. The van der Waals surface area contributed by atoms with E-state index in [9.17, 15) is 0 Å². The van der Waals surface area contributed by atoms with Gasteiger partial charge < -0.3 is 10.5 Å². The predicted molar refractivity (Wildman–Crippen MR) is 65.1 cm³/mol. The van der Waals surface area contributed by atoms with Gasteiger partial charge in [0.1, 0.15) is 0 Å². The SMILES string of the molecule is COCC1CCC[C@@]2(C1)C1CCC(C1)C2N. The van der Waals surface area contributed by atoms with E-state index in [0.29, 0.717) is 11.5 Å². The van der Waals surface area contributed by atoms with Crippen LogP contribution < -0.4 is 5.73 Å². The number of methoxy groups -OCH3 is 1. The highest BCUT2D eigenvalue weighted by Crippen LogP contribution is 2.61. The summed E-state index contributed by atoms with van der Waals surface area (Å²) >= 11 is 0. The Labute approximate surface area is 98.9 Å². The summed E-state index contributed by atoms with van der Waals surface area (Å²) in [5.74, 6) is 2.59. The zero-order valence-electron chi connectivity index (χ0n) is 10.5. The minimum absolute atomic E-state index is 0.505. The molecule has 0 aliphatic heterocycles. The van der Waals surface area contributed by atoms with Crippen LogP contribution in [-0.2, 0) is 4.74 Å². The van der Waals surface area contributed by atoms with Gasteiger partial charge in [0.05, 0.1) is 0 Å². The van der Waals surface area contributed by atoms with Gasteiger partial charge in [0.15, 0.2) is 0 Å². The normalized spacial score (nSPS) is 51.4. The minimum Gasteiger partial charge on any atom is -0.384 e. The molecule has 3 fully saturated rings. The van der Waals surface area contributed by atoms with E-state index in [1.807, 2.05) is 7.11 Å². The van der Waals surface area contributed by atoms with Crippen LogP contribution in [0, 0.1) is 23.2 Å². The second kappa shape index (κ2) is 3.99. The van der Waals surface area contributed by atoms with E-state index in [0.717, 1.165) is 24.4 Å². The van der Waals surface area contributed by atoms with Crippen molar-refractivity contribution in [3.05, 3.63) is 0 Å². The molecule has 3 rings (SSSR count). The molecule has 3 aliphatic rings. The van der Waals surface area contributed by atoms with Gasteiger partial charge in [-0.15, -0.1) is 0 Å². The molecule has 0 aromatic carbocycles. The molecule has 0 amide bonds. The lowest BCUT2D eigenvalue weighted by atomic mass is 9.60. The topological polar surface area (TPSA) is 35.2 Å². The highest BCUT2D eigenvalue weighted by Gasteiger charge is 2.57. The van der Waals surface area contributed by atoms with Gasteiger partial charge in [-0.3, -0.25) is 0 Å². The second-order valence-electron chi connectivity index (χ2n) is 6.45. The van der Waals surface area contributed by atoms with Gasteiger partial charge in [-0.2, -0.15) is 0 Å². The third-order valence-electron chi connectivity index (χ3n) is 5.78. The Morgan fingerprint density at radius 2 is 2.19 bits per heavy atom. The summed E-state index contributed by atoms with van der Waals surface area (Å²) in [7, 11) is 1.84. The van der Waals surface area contributed by atoms with Gasteiger partial charge in [0, 0.05) is 19.8 Å². The number of hydrogen-bond donors (Lipinski definition) is 1. The van der Waals surface area contributed by atoms with Crippen molar-refractivity contribution in [1.29, 1.82) is 0 Å². The quantitative estimate of drug-likeness (QED) is 0.781. The van der Waals surface area contributed by atoms with E-state index in [-0.39, 0.29) is 0 Å². The highest BCUT2D eigenvalue weighted by molar-refractivity contribution is 5.10. The van der Waals surface area contributed by atoms with Crippen LogP contribution in [0.15, 0.2) is 0 Å². The Balaban J connectivity index is 1.77. The monoisotopic (exact) mass is 223 g/mol. The Kier molecular flexibility index (Phi) is 2.75. The van der Waals surface area contributed by atoms with E-state index < -0.39 is 0 Å². The molecule has 0 radical (unpaired) electrons. The van der Waals surface area contributed by atoms with Crippen molar-refractivity contribution < 1.29 is 4.74 Å². The fourth-order valence-electron chi connectivity index (χ4n) is 5.12. The average molecular weight is 223 g/mol. The summed E-state index contributed by atoms with van der Waals surface area (Å²) in [5, 5.41) is 0. The third kappa shape index (κ3) is 1.46. The molecule has 0 aromatic heterocycles. The van der Waals surface area contributed by atoms with Crippen LogP contribution in [0.2, 0.25) is 0 Å². The summed E-state index contributed by atoms with van der Waals surface area (Å²) < 4.78 is 5.36. The summed E-state index contributed by atoms with van der Waals surface area (Å²) in [6, 6.07) is 0.505. The molecule has 16 heavy (non-hydrogen) atoms. The lowest BCUT2D eigenvalue weighted by Gasteiger charge is -2.47.